The highest BCUT2D eigenvalue weighted by atomic mass is 31.2. The van der Waals surface area contributed by atoms with Crippen molar-refractivity contribution in [3.8, 4) is 0 Å². The Morgan fingerprint density at radius 1 is 0.681 bits per heavy atom. The van der Waals surface area contributed by atoms with Crippen LogP contribution in [0.2, 0.25) is 0 Å². The Labute approximate surface area is 287 Å². The summed E-state index contributed by atoms with van der Waals surface area (Å²) < 4.78 is 34.1. The van der Waals surface area contributed by atoms with Crippen molar-refractivity contribution in [2.24, 2.45) is 0 Å². The SMILES string of the molecule is CC/C=C\C/C=C\C/C=C\C/C=C\C/C=C\C/C=C\CCC(=O)OC(COCCCCCCCC)COP(=O)([O-])OCC[N+](C)(C)C. The van der Waals surface area contributed by atoms with Crippen LogP contribution in [0.25, 0.3) is 0 Å². The number of hydrogen-bond acceptors (Lipinski definition) is 7. The average molecular weight is 680 g/mol. The lowest BCUT2D eigenvalue weighted by Crippen LogP contribution is -2.37. The summed E-state index contributed by atoms with van der Waals surface area (Å²) in [6.07, 6.45) is 38.0. The summed E-state index contributed by atoms with van der Waals surface area (Å²) in [5.74, 6) is -0.423. The van der Waals surface area contributed by atoms with E-state index in [9.17, 15) is 14.3 Å². The molecule has 2 unspecified atom stereocenters. The molecule has 8 nitrogen and oxygen atoms in total. The predicted octanol–water partition coefficient (Wildman–Crippen LogP) is 8.96. The second-order valence-corrected chi connectivity index (χ2v) is 13.9. The minimum atomic E-state index is -4.53. The molecule has 0 aromatic rings. The molecular formula is C38H66NO7P. The van der Waals surface area contributed by atoms with Crippen molar-refractivity contribution in [3.05, 3.63) is 72.9 Å². The van der Waals surface area contributed by atoms with E-state index in [2.05, 4.69) is 74.6 Å². The van der Waals surface area contributed by atoms with Crippen LogP contribution >= 0.6 is 7.82 Å². The van der Waals surface area contributed by atoms with Gasteiger partial charge in [0.25, 0.3) is 7.82 Å². The maximum atomic E-state index is 12.5. The molecule has 9 heteroatoms. The van der Waals surface area contributed by atoms with Gasteiger partial charge in [0.2, 0.25) is 0 Å². The van der Waals surface area contributed by atoms with Crippen molar-refractivity contribution in [1.29, 1.82) is 0 Å². The van der Waals surface area contributed by atoms with E-state index in [0.717, 1.165) is 57.8 Å². The lowest BCUT2D eigenvalue weighted by Gasteiger charge is -2.28. The Bertz CT molecular complexity index is 979. The van der Waals surface area contributed by atoms with Crippen LogP contribution in [-0.2, 0) is 27.9 Å². The van der Waals surface area contributed by atoms with Gasteiger partial charge in [-0.05, 0) is 51.4 Å². The fourth-order valence-electron chi connectivity index (χ4n) is 4.04. The monoisotopic (exact) mass is 679 g/mol. The van der Waals surface area contributed by atoms with E-state index in [1.54, 1.807) is 0 Å². The van der Waals surface area contributed by atoms with Gasteiger partial charge in [0, 0.05) is 13.0 Å². The van der Waals surface area contributed by atoms with E-state index in [1.807, 2.05) is 33.3 Å². The molecular weight excluding hydrogens is 613 g/mol. The summed E-state index contributed by atoms with van der Waals surface area (Å²) in [5.41, 5.74) is 0. The Balaban J connectivity index is 4.40. The van der Waals surface area contributed by atoms with E-state index in [0.29, 0.717) is 24.1 Å². The number of unbranched alkanes of at least 4 members (excludes halogenated alkanes) is 5. The van der Waals surface area contributed by atoms with Crippen molar-refractivity contribution in [2.45, 2.75) is 110 Å². The predicted molar refractivity (Wildman–Crippen MR) is 194 cm³/mol. The quantitative estimate of drug-likeness (QED) is 0.0237. The summed E-state index contributed by atoms with van der Waals surface area (Å²) in [6, 6.07) is 0. The van der Waals surface area contributed by atoms with E-state index in [4.69, 9.17) is 18.5 Å². The topological polar surface area (TPSA) is 94.1 Å². The van der Waals surface area contributed by atoms with Crippen molar-refractivity contribution in [2.75, 3.05) is 54.1 Å². The number of phosphoric acid groups is 1. The number of phosphoric ester groups is 1. The Morgan fingerprint density at radius 3 is 1.72 bits per heavy atom. The number of esters is 1. The molecule has 0 aliphatic rings. The molecule has 0 spiro atoms. The first-order valence-electron chi connectivity index (χ1n) is 17.7. The maximum absolute atomic E-state index is 12.5. The summed E-state index contributed by atoms with van der Waals surface area (Å²) in [7, 11) is 1.29. The number of allylic oxidation sites excluding steroid dienone is 12. The van der Waals surface area contributed by atoms with Gasteiger partial charge in [-0.25, -0.2) is 0 Å². The Morgan fingerprint density at radius 2 is 1.19 bits per heavy atom. The van der Waals surface area contributed by atoms with Gasteiger partial charge in [-0.2, -0.15) is 0 Å². The third-order valence-corrected chi connectivity index (χ3v) is 7.75. The largest absolute Gasteiger partial charge is 0.756 e. The number of carbonyl (C=O) groups is 1. The molecule has 0 saturated heterocycles. The molecule has 0 saturated carbocycles. The van der Waals surface area contributed by atoms with E-state index in [1.165, 1.54) is 19.3 Å². The maximum Gasteiger partial charge on any atom is 0.306 e. The highest BCUT2D eigenvalue weighted by molar-refractivity contribution is 7.45. The third kappa shape index (κ3) is 35.1. The number of quaternary nitrogens is 1. The summed E-state index contributed by atoms with van der Waals surface area (Å²) in [4.78, 5) is 24.7. The zero-order chi connectivity index (χ0) is 34.9. The number of carbonyl (C=O) groups excluding carboxylic acids is 1. The highest BCUT2D eigenvalue weighted by Gasteiger charge is 2.20. The first-order chi connectivity index (χ1) is 22.6. The number of likely N-dealkylation sites (N-methyl/N-ethyl adjacent to an activating group) is 1. The summed E-state index contributed by atoms with van der Waals surface area (Å²) in [6.45, 7) is 5.09. The van der Waals surface area contributed by atoms with Crippen LogP contribution in [0.4, 0.5) is 0 Å². The van der Waals surface area contributed by atoms with Gasteiger partial charge in [0.05, 0.1) is 34.4 Å². The van der Waals surface area contributed by atoms with Crippen LogP contribution in [0.3, 0.4) is 0 Å². The lowest BCUT2D eigenvalue weighted by atomic mass is 10.1. The standard InChI is InChI=1S/C38H66NO7P/c1-6-8-10-12-14-15-16-17-18-19-20-21-22-23-24-25-26-27-29-31-38(40)46-37(35-43-33-30-28-13-11-9-7-2)36-45-47(41,42)44-34-32-39(3,4)5/h8,10,14-15,17-18,20-21,23-24,26-27,37H,6-7,9,11-13,16,19,22,25,28-36H2,1-5H3/b10-8-,15-14-,18-17-,21-20-,24-23-,27-26-. The molecule has 0 radical (unpaired) electrons. The fraction of sp³-hybridized carbons (Fsp3) is 0.658. The van der Waals surface area contributed by atoms with Gasteiger partial charge in [0.1, 0.15) is 19.3 Å². The zero-order valence-corrected chi connectivity index (χ0v) is 31.1. The Kier molecular flexibility index (Phi) is 29.9. The van der Waals surface area contributed by atoms with E-state index < -0.39 is 19.9 Å². The van der Waals surface area contributed by atoms with Gasteiger partial charge in [-0.3, -0.25) is 9.36 Å². The van der Waals surface area contributed by atoms with E-state index >= 15 is 0 Å². The molecule has 270 valence electrons. The van der Waals surface area contributed by atoms with Crippen molar-refractivity contribution >= 4 is 13.8 Å². The normalized spacial score (nSPS) is 14.9. The number of ether oxygens (including phenoxy) is 2. The van der Waals surface area contributed by atoms with Gasteiger partial charge in [0.15, 0.2) is 0 Å². The summed E-state index contributed by atoms with van der Waals surface area (Å²) in [5, 5.41) is 0. The van der Waals surface area contributed by atoms with Crippen LogP contribution in [0.1, 0.15) is 104 Å². The smallest absolute Gasteiger partial charge is 0.306 e. The van der Waals surface area contributed by atoms with Crippen LogP contribution in [0, 0.1) is 0 Å². The second kappa shape index (κ2) is 31.2. The number of rotatable bonds is 31. The molecule has 0 N–H and O–H groups in total. The number of nitrogens with zero attached hydrogens (tertiary/aromatic N) is 1. The van der Waals surface area contributed by atoms with Gasteiger partial charge in [-0.1, -0.05) is 119 Å². The van der Waals surface area contributed by atoms with Crippen LogP contribution in [-0.4, -0.2) is 70.7 Å². The molecule has 47 heavy (non-hydrogen) atoms. The Hall–Kier alpha value is -2.06. The number of hydrogen-bond donors (Lipinski definition) is 0. The molecule has 0 aliphatic carbocycles. The van der Waals surface area contributed by atoms with Crippen molar-refractivity contribution in [1.82, 2.24) is 0 Å². The van der Waals surface area contributed by atoms with Gasteiger partial charge in [-0.15, -0.1) is 0 Å². The molecule has 0 amide bonds. The van der Waals surface area contributed by atoms with Gasteiger partial charge < -0.3 is 27.9 Å². The molecule has 0 bridgehead atoms. The van der Waals surface area contributed by atoms with E-state index in [-0.39, 0.29) is 26.2 Å². The second-order valence-electron chi connectivity index (χ2n) is 12.5. The lowest BCUT2D eigenvalue weighted by molar-refractivity contribution is -0.870. The molecule has 0 aromatic carbocycles. The third-order valence-electron chi connectivity index (χ3n) is 6.79. The fourth-order valence-corrected chi connectivity index (χ4v) is 4.77. The van der Waals surface area contributed by atoms with Crippen LogP contribution in [0.15, 0.2) is 72.9 Å². The minimum absolute atomic E-state index is 0.00915. The van der Waals surface area contributed by atoms with Crippen LogP contribution < -0.4 is 4.89 Å². The van der Waals surface area contributed by atoms with Crippen molar-refractivity contribution in [3.63, 3.8) is 0 Å². The highest BCUT2D eigenvalue weighted by Crippen LogP contribution is 2.38. The first kappa shape index (κ1) is 44.9. The molecule has 2 atom stereocenters. The molecule has 0 aromatic heterocycles. The molecule has 0 fully saturated rings. The van der Waals surface area contributed by atoms with Gasteiger partial charge >= 0.3 is 5.97 Å². The van der Waals surface area contributed by atoms with Crippen LogP contribution in [0.5, 0.6) is 0 Å². The average Bonchev–Trinajstić information content (AvgIpc) is 3.01. The first-order valence-corrected chi connectivity index (χ1v) is 19.1. The molecule has 0 rings (SSSR count). The summed E-state index contributed by atoms with van der Waals surface area (Å²) >= 11 is 0. The minimum Gasteiger partial charge on any atom is -0.756 e. The molecule has 0 aliphatic heterocycles. The van der Waals surface area contributed by atoms with Crippen molar-refractivity contribution < 1.29 is 37.3 Å². The zero-order valence-electron chi connectivity index (χ0n) is 30.2. The molecule has 0 heterocycles.